The molecule has 20 heavy (non-hydrogen) atoms. The Morgan fingerprint density at radius 3 is 2.60 bits per heavy atom. The molecule has 0 aliphatic carbocycles. The zero-order valence-electron chi connectivity index (χ0n) is 11.4. The maximum absolute atomic E-state index is 12.3. The van der Waals surface area contributed by atoms with Gasteiger partial charge in [-0.05, 0) is 20.8 Å². The second-order valence-corrected chi connectivity index (χ2v) is 7.37. The standard InChI is InChI=1S/C12H16N2O4S2/c1-7-11(6-15)12(8(2)18-7)20(16,17)14-5-10-4-13-9(3)19-10/h4,14-15H,5-6H2,1-3H3. The number of aliphatic hydroxyl groups is 1. The van der Waals surface area contributed by atoms with Crippen LogP contribution in [-0.4, -0.2) is 18.5 Å². The largest absolute Gasteiger partial charge is 0.465 e. The molecule has 2 rings (SSSR count). The van der Waals surface area contributed by atoms with E-state index in [1.54, 1.807) is 20.0 Å². The van der Waals surface area contributed by atoms with Crippen LogP contribution in [0.1, 0.15) is 27.0 Å². The molecule has 0 fully saturated rings. The Bertz CT molecular complexity index is 716. The van der Waals surface area contributed by atoms with Gasteiger partial charge in [0.05, 0.1) is 11.6 Å². The number of sulfonamides is 1. The SMILES string of the molecule is Cc1ncc(CNS(=O)(=O)c2c(C)oc(C)c2CO)s1. The van der Waals surface area contributed by atoms with E-state index in [-0.39, 0.29) is 23.8 Å². The number of hydrogen-bond acceptors (Lipinski definition) is 6. The molecule has 0 aromatic carbocycles. The van der Waals surface area contributed by atoms with Crippen LogP contribution in [-0.2, 0) is 23.2 Å². The van der Waals surface area contributed by atoms with Gasteiger partial charge in [0.25, 0.3) is 0 Å². The van der Waals surface area contributed by atoms with E-state index in [0.29, 0.717) is 11.3 Å². The first kappa shape index (κ1) is 15.2. The van der Waals surface area contributed by atoms with Crippen molar-refractivity contribution in [2.75, 3.05) is 0 Å². The normalized spacial score (nSPS) is 12.0. The molecule has 2 aromatic heterocycles. The summed E-state index contributed by atoms with van der Waals surface area (Å²) in [5, 5.41) is 10.2. The first-order valence-electron chi connectivity index (χ1n) is 5.96. The van der Waals surface area contributed by atoms with Crippen LogP contribution in [0.3, 0.4) is 0 Å². The first-order valence-corrected chi connectivity index (χ1v) is 8.26. The fourth-order valence-corrected chi connectivity index (χ4v) is 4.24. The molecule has 0 saturated heterocycles. The van der Waals surface area contributed by atoms with Gasteiger partial charge in [-0.1, -0.05) is 0 Å². The van der Waals surface area contributed by atoms with Gasteiger partial charge >= 0.3 is 0 Å². The van der Waals surface area contributed by atoms with Crippen LogP contribution in [0.2, 0.25) is 0 Å². The summed E-state index contributed by atoms with van der Waals surface area (Å²) in [7, 11) is -3.73. The Kier molecular flexibility index (Phi) is 4.28. The van der Waals surface area contributed by atoms with Crippen LogP contribution >= 0.6 is 11.3 Å². The third-order valence-electron chi connectivity index (χ3n) is 2.86. The van der Waals surface area contributed by atoms with Crippen molar-refractivity contribution in [2.24, 2.45) is 0 Å². The average molecular weight is 316 g/mol. The summed E-state index contributed by atoms with van der Waals surface area (Å²) in [5.74, 6) is 0.693. The summed E-state index contributed by atoms with van der Waals surface area (Å²) in [6, 6.07) is 0. The van der Waals surface area contributed by atoms with Crippen molar-refractivity contribution < 1.29 is 17.9 Å². The fraction of sp³-hybridized carbons (Fsp3) is 0.417. The predicted octanol–water partition coefficient (Wildman–Crippen LogP) is 1.63. The molecule has 110 valence electrons. The molecule has 2 aromatic rings. The molecule has 0 unspecified atom stereocenters. The van der Waals surface area contributed by atoms with E-state index in [1.807, 2.05) is 6.92 Å². The number of aromatic nitrogens is 1. The lowest BCUT2D eigenvalue weighted by molar-refractivity contribution is 0.276. The van der Waals surface area contributed by atoms with Crippen LogP contribution in [0.25, 0.3) is 0 Å². The molecule has 2 N–H and O–H groups in total. The lowest BCUT2D eigenvalue weighted by atomic mass is 10.2. The van der Waals surface area contributed by atoms with E-state index in [0.717, 1.165) is 9.88 Å². The van der Waals surface area contributed by atoms with Gasteiger partial charge in [-0.15, -0.1) is 11.3 Å². The quantitative estimate of drug-likeness (QED) is 0.874. The van der Waals surface area contributed by atoms with Crippen molar-refractivity contribution in [1.82, 2.24) is 9.71 Å². The fourth-order valence-electron chi connectivity index (χ4n) is 1.97. The summed E-state index contributed by atoms with van der Waals surface area (Å²) in [5.41, 5.74) is 0.301. The van der Waals surface area contributed by atoms with Gasteiger partial charge in [0.1, 0.15) is 16.4 Å². The van der Waals surface area contributed by atoms with Crippen LogP contribution in [0.5, 0.6) is 0 Å². The van der Waals surface area contributed by atoms with Gasteiger partial charge in [0.2, 0.25) is 10.0 Å². The Hall–Kier alpha value is -1.22. The number of aliphatic hydroxyl groups excluding tert-OH is 1. The van der Waals surface area contributed by atoms with Gasteiger partial charge in [-0.2, -0.15) is 0 Å². The van der Waals surface area contributed by atoms with E-state index >= 15 is 0 Å². The monoisotopic (exact) mass is 316 g/mol. The van der Waals surface area contributed by atoms with Crippen LogP contribution < -0.4 is 4.72 Å². The minimum atomic E-state index is -3.73. The topological polar surface area (TPSA) is 92.4 Å². The highest BCUT2D eigenvalue weighted by atomic mass is 32.2. The summed E-state index contributed by atoms with van der Waals surface area (Å²) in [4.78, 5) is 4.93. The van der Waals surface area contributed by atoms with E-state index < -0.39 is 10.0 Å². The van der Waals surface area contributed by atoms with Crippen molar-refractivity contribution in [2.45, 2.75) is 38.8 Å². The highest BCUT2D eigenvalue weighted by Crippen LogP contribution is 2.26. The van der Waals surface area contributed by atoms with Crippen molar-refractivity contribution >= 4 is 21.4 Å². The minimum Gasteiger partial charge on any atom is -0.465 e. The molecular weight excluding hydrogens is 300 g/mol. The molecule has 0 aliphatic rings. The number of hydrogen-bond donors (Lipinski definition) is 2. The molecule has 0 bridgehead atoms. The summed E-state index contributed by atoms with van der Waals surface area (Å²) >= 11 is 1.43. The third-order valence-corrected chi connectivity index (χ3v) is 5.37. The number of aryl methyl sites for hydroxylation is 3. The van der Waals surface area contributed by atoms with Crippen molar-refractivity contribution in [1.29, 1.82) is 0 Å². The molecule has 6 nitrogen and oxygen atoms in total. The Labute approximate surface area is 121 Å². The van der Waals surface area contributed by atoms with Crippen molar-refractivity contribution in [3.8, 4) is 0 Å². The average Bonchev–Trinajstić information content (AvgIpc) is 2.90. The lowest BCUT2D eigenvalue weighted by Crippen LogP contribution is -2.24. The summed E-state index contributed by atoms with van der Waals surface area (Å²) in [6.45, 7) is 4.85. The van der Waals surface area contributed by atoms with E-state index in [4.69, 9.17) is 4.42 Å². The molecule has 0 aliphatic heterocycles. The molecule has 2 heterocycles. The zero-order chi connectivity index (χ0) is 14.9. The van der Waals surface area contributed by atoms with E-state index in [9.17, 15) is 13.5 Å². The molecular formula is C12H16N2O4S2. The summed E-state index contributed by atoms with van der Waals surface area (Å²) < 4.78 is 32.5. The lowest BCUT2D eigenvalue weighted by Gasteiger charge is -2.06. The van der Waals surface area contributed by atoms with Crippen LogP contribution in [0, 0.1) is 20.8 Å². The van der Waals surface area contributed by atoms with E-state index in [2.05, 4.69) is 9.71 Å². The van der Waals surface area contributed by atoms with Gasteiger partial charge in [0, 0.05) is 23.2 Å². The molecule has 0 radical (unpaired) electrons. The maximum atomic E-state index is 12.3. The Morgan fingerprint density at radius 2 is 2.05 bits per heavy atom. The second kappa shape index (κ2) is 5.65. The van der Waals surface area contributed by atoms with Gasteiger partial charge in [-0.3, -0.25) is 0 Å². The number of thiazole rings is 1. The third kappa shape index (κ3) is 2.93. The highest BCUT2D eigenvalue weighted by molar-refractivity contribution is 7.89. The van der Waals surface area contributed by atoms with Crippen molar-refractivity contribution in [3.05, 3.63) is 33.2 Å². The molecule has 8 heteroatoms. The molecule has 0 spiro atoms. The Balaban J connectivity index is 2.27. The maximum Gasteiger partial charge on any atom is 0.244 e. The molecule has 0 amide bonds. The van der Waals surface area contributed by atoms with Gasteiger partial charge in [0.15, 0.2) is 0 Å². The molecule has 0 atom stereocenters. The smallest absolute Gasteiger partial charge is 0.244 e. The predicted molar refractivity (Wildman–Crippen MR) is 75.0 cm³/mol. The van der Waals surface area contributed by atoms with Crippen LogP contribution in [0.4, 0.5) is 0 Å². The second-order valence-electron chi connectivity index (χ2n) is 4.35. The first-order chi connectivity index (χ1) is 9.35. The highest BCUT2D eigenvalue weighted by Gasteiger charge is 2.26. The number of rotatable bonds is 5. The number of nitrogens with zero attached hydrogens (tertiary/aromatic N) is 1. The van der Waals surface area contributed by atoms with E-state index in [1.165, 1.54) is 11.3 Å². The number of nitrogens with one attached hydrogen (secondary N) is 1. The van der Waals surface area contributed by atoms with Gasteiger partial charge < -0.3 is 9.52 Å². The Morgan fingerprint density at radius 1 is 1.35 bits per heavy atom. The summed E-state index contributed by atoms with van der Waals surface area (Å²) in [6.07, 6.45) is 1.64. The zero-order valence-corrected chi connectivity index (χ0v) is 13.1. The minimum absolute atomic E-state index is 0.0266. The molecule has 0 saturated carbocycles. The van der Waals surface area contributed by atoms with Crippen molar-refractivity contribution in [3.63, 3.8) is 0 Å². The van der Waals surface area contributed by atoms with Gasteiger partial charge in [-0.25, -0.2) is 18.1 Å². The van der Waals surface area contributed by atoms with Crippen LogP contribution in [0.15, 0.2) is 15.5 Å². The number of furan rings is 1.